The smallest absolute Gasteiger partial charge is 0.185 e. The zero-order valence-corrected chi connectivity index (χ0v) is 16.4. The number of nitrogens with one attached hydrogen (secondary N) is 2. The molecule has 23 heavy (non-hydrogen) atoms. The summed E-state index contributed by atoms with van der Waals surface area (Å²) in [5.74, 6) is 0. The van der Waals surface area contributed by atoms with Gasteiger partial charge in [-0.1, -0.05) is 11.3 Å². The molecule has 7 heteroatoms. The molecule has 1 aromatic heterocycles. The highest BCUT2D eigenvalue weighted by molar-refractivity contribution is 7.90. The molecule has 0 bridgehead atoms. The fourth-order valence-corrected chi connectivity index (χ4v) is 5.67. The van der Waals surface area contributed by atoms with Gasteiger partial charge in [-0.2, -0.15) is 0 Å². The molecule has 1 fully saturated rings. The highest BCUT2D eigenvalue weighted by Crippen LogP contribution is 2.54. The first kappa shape index (κ1) is 17.5. The summed E-state index contributed by atoms with van der Waals surface area (Å²) in [5, 5.41) is 4.51. The molecular formula is C16H28N4OS2. The maximum atomic E-state index is 12.8. The molecule has 1 saturated heterocycles. The van der Waals surface area contributed by atoms with Gasteiger partial charge in [-0.25, -0.2) is 4.98 Å². The number of fused-ring (bicyclic) bond motifs is 1. The van der Waals surface area contributed by atoms with E-state index in [9.17, 15) is 4.55 Å². The first-order valence-corrected chi connectivity index (χ1v) is 10.3. The maximum Gasteiger partial charge on any atom is 0.185 e. The highest BCUT2D eigenvalue weighted by atomic mass is 32.2. The zero-order chi connectivity index (χ0) is 16.8. The van der Waals surface area contributed by atoms with Crippen molar-refractivity contribution >= 4 is 27.8 Å². The number of anilines is 1. The van der Waals surface area contributed by atoms with Crippen LogP contribution in [-0.2, 0) is 17.8 Å². The second-order valence-corrected chi connectivity index (χ2v) is 10.9. The molecule has 2 atom stereocenters. The summed E-state index contributed by atoms with van der Waals surface area (Å²) in [6.45, 7) is 8.16. The van der Waals surface area contributed by atoms with Crippen molar-refractivity contribution in [3.05, 3.63) is 10.6 Å². The van der Waals surface area contributed by atoms with Gasteiger partial charge >= 0.3 is 0 Å². The summed E-state index contributed by atoms with van der Waals surface area (Å²) in [4.78, 5) is 8.21. The topological polar surface area (TPSA) is 63.2 Å². The van der Waals surface area contributed by atoms with Crippen LogP contribution in [0.15, 0.2) is 0 Å². The molecule has 2 N–H and O–H groups in total. The number of piperidine rings is 1. The summed E-state index contributed by atoms with van der Waals surface area (Å²) >= 11 is 0.687. The molecule has 0 aromatic carbocycles. The molecule has 1 spiro atoms. The van der Waals surface area contributed by atoms with E-state index in [0.29, 0.717) is 0 Å². The normalized spacial score (nSPS) is 24.7. The maximum absolute atomic E-state index is 12.8. The molecular weight excluding hydrogens is 328 g/mol. The van der Waals surface area contributed by atoms with Crippen molar-refractivity contribution in [2.75, 3.05) is 32.1 Å². The van der Waals surface area contributed by atoms with Gasteiger partial charge in [-0.15, -0.1) is 4.72 Å². The van der Waals surface area contributed by atoms with Crippen LogP contribution in [-0.4, -0.2) is 41.5 Å². The van der Waals surface area contributed by atoms with Crippen LogP contribution in [0.25, 0.3) is 0 Å². The first-order valence-electron chi connectivity index (χ1n) is 8.29. The average Bonchev–Trinajstić information content (AvgIpc) is 2.97. The van der Waals surface area contributed by atoms with E-state index in [4.69, 9.17) is 4.98 Å². The van der Waals surface area contributed by atoms with Crippen LogP contribution in [0.5, 0.6) is 0 Å². The van der Waals surface area contributed by atoms with E-state index in [-0.39, 0.29) is 16.2 Å². The third-order valence-electron chi connectivity index (χ3n) is 4.87. The van der Waals surface area contributed by atoms with Crippen molar-refractivity contribution < 1.29 is 4.55 Å². The Balaban J connectivity index is 1.92. The molecule has 2 aliphatic rings. The molecule has 1 unspecified atom stereocenters. The summed E-state index contributed by atoms with van der Waals surface area (Å²) in [5.41, 5.74) is 1.38. The van der Waals surface area contributed by atoms with Crippen LogP contribution in [0.3, 0.4) is 0 Å². The largest absolute Gasteiger partial charge is 0.598 e. The molecule has 0 radical (unpaired) electrons. The number of hydrogen-bond acceptors (Lipinski definition) is 6. The molecule has 0 saturated carbocycles. The van der Waals surface area contributed by atoms with E-state index in [1.807, 2.05) is 34.9 Å². The summed E-state index contributed by atoms with van der Waals surface area (Å²) in [6, 6.07) is 0.158. The van der Waals surface area contributed by atoms with Crippen molar-refractivity contribution in [1.29, 1.82) is 0 Å². The Morgan fingerprint density at radius 3 is 2.57 bits per heavy atom. The van der Waals surface area contributed by atoms with Gasteiger partial charge in [0.2, 0.25) is 0 Å². The van der Waals surface area contributed by atoms with E-state index >= 15 is 0 Å². The zero-order valence-electron chi connectivity index (χ0n) is 14.7. The van der Waals surface area contributed by atoms with Crippen LogP contribution in [0.1, 0.15) is 50.2 Å². The molecule has 2 heterocycles. The van der Waals surface area contributed by atoms with Crippen LogP contribution >= 0.6 is 11.3 Å². The number of hydrogen-bond donors (Lipinski definition) is 2. The van der Waals surface area contributed by atoms with Crippen LogP contribution in [0.2, 0.25) is 0 Å². The Kier molecular flexibility index (Phi) is 4.70. The molecule has 0 amide bonds. The van der Waals surface area contributed by atoms with Gasteiger partial charge in [0.25, 0.3) is 0 Å². The van der Waals surface area contributed by atoms with E-state index in [2.05, 4.69) is 14.9 Å². The van der Waals surface area contributed by atoms with Crippen LogP contribution in [0.4, 0.5) is 5.13 Å². The fourth-order valence-electron chi connectivity index (χ4n) is 3.46. The average molecular weight is 357 g/mol. The van der Waals surface area contributed by atoms with E-state index < -0.39 is 11.4 Å². The lowest BCUT2D eigenvalue weighted by atomic mass is 9.74. The standard InChI is InChI=1S/C16H28N4OS2/c1-15(2,3)23(21)19-13-12-11(18-14(22-12)20(4)5)10-16(13)6-8-17-9-7-16/h13,17,19H,6-10H2,1-5H3/t13-,23?/m1/s1. The number of thiazole rings is 1. The number of aromatic nitrogens is 1. The van der Waals surface area contributed by atoms with Crippen molar-refractivity contribution in [2.24, 2.45) is 5.41 Å². The Hall–Kier alpha value is -0.340. The van der Waals surface area contributed by atoms with E-state index in [1.54, 1.807) is 11.3 Å². The van der Waals surface area contributed by atoms with Gasteiger partial charge in [-0.05, 0) is 53.1 Å². The molecule has 1 aromatic rings. The van der Waals surface area contributed by atoms with Crippen LogP contribution < -0.4 is 14.9 Å². The quantitative estimate of drug-likeness (QED) is 0.813. The van der Waals surface area contributed by atoms with Crippen molar-refractivity contribution in [3.63, 3.8) is 0 Å². The minimum Gasteiger partial charge on any atom is -0.598 e. The molecule has 1 aliphatic heterocycles. The van der Waals surface area contributed by atoms with Crippen LogP contribution in [0, 0.1) is 5.41 Å². The lowest BCUT2D eigenvalue weighted by Gasteiger charge is -2.40. The Morgan fingerprint density at radius 1 is 1.35 bits per heavy atom. The summed E-state index contributed by atoms with van der Waals surface area (Å²) < 4.78 is 16.0. The number of nitrogens with zero attached hydrogens (tertiary/aromatic N) is 2. The van der Waals surface area contributed by atoms with Gasteiger partial charge in [0.05, 0.1) is 16.6 Å². The van der Waals surface area contributed by atoms with Gasteiger partial charge in [0.1, 0.15) is 4.75 Å². The lowest BCUT2D eigenvalue weighted by molar-refractivity contribution is 0.164. The summed E-state index contributed by atoms with van der Waals surface area (Å²) in [6.07, 6.45) is 3.24. The Bertz CT molecular complexity index is 561. The summed E-state index contributed by atoms with van der Waals surface area (Å²) in [7, 11) is 4.06. The third kappa shape index (κ3) is 3.26. The minimum absolute atomic E-state index is 0.158. The second-order valence-electron chi connectivity index (χ2n) is 7.92. The predicted molar refractivity (Wildman–Crippen MR) is 98.5 cm³/mol. The van der Waals surface area contributed by atoms with Crippen molar-refractivity contribution in [2.45, 2.75) is 50.8 Å². The van der Waals surface area contributed by atoms with E-state index in [1.165, 1.54) is 10.6 Å². The second kappa shape index (κ2) is 6.19. The van der Waals surface area contributed by atoms with Gasteiger partial charge < -0.3 is 14.8 Å². The Morgan fingerprint density at radius 2 is 2.00 bits per heavy atom. The van der Waals surface area contributed by atoms with E-state index in [0.717, 1.165) is 37.5 Å². The minimum atomic E-state index is -1.07. The highest BCUT2D eigenvalue weighted by Gasteiger charge is 2.51. The molecule has 3 rings (SSSR count). The van der Waals surface area contributed by atoms with Gasteiger partial charge in [-0.3, -0.25) is 0 Å². The number of rotatable bonds is 3. The molecule has 130 valence electrons. The lowest BCUT2D eigenvalue weighted by Crippen LogP contribution is -2.48. The third-order valence-corrected chi connectivity index (χ3v) is 7.77. The van der Waals surface area contributed by atoms with Crippen molar-refractivity contribution in [1.82, 2.24) is 15.0 Å². The van der Waals surface area contributed by atoms with Crippen molar-refractivity contribution in [3.8, 4) is 0 Å². The fraction of sp³-hybridized carbons (Fsp3) is 0.812. The monoisotopic (exact) mass is 356 g/mol. The SMILES string of the molecule is CN(C)c1nc2c(s1)[C@@H](N[S+]([O-])C(C)(C)C)C1(CCNCC1)C2. The predicted octanol–water partition coefficient (Wildman–Crippen LogP) is 2.23. The van der Waals surface area contributed by atoms with Gasteiger partial charge in [0, 0.05) is 30.9 Å². The van der Waals surface area contributed by atoms with Gasteiger partial charge in [0.15, 0.2) is 5.13 Å². The molecule has 5 nitrogen and oxygen atoms in total. The molecule has 1 aliphatic carbocycles. The Labute approximate surface area is 146 Å². The first-order chi connectivity index (χ1) is 10.7.